The first kappa shape index (κ1) is 16.4. The third-order valence-electron chi connectivity index (χ3n) is 4.75. The van der Waals surface area contributed by atoms with Gasteiger partial charge in [0.2, 0.25) is 0 Å². The number of ether oxygens (including phenoxy) is 1. The van der Waals surface area contributed by atoms with Gasteiger partial charge in [-0.15, -0.1) is 0 Å². The fraction of sp³-hybridized carbons (Fsp3) is 0.300. The van der Waals surface area contributed by atoms with Crippen LogP contribution in [-0.2, 0) is 33.7 Å². The molecule has 1 N–H and O–H groups in total. The number of hydrogen-bond acceptors (Lipinski definition) is 4. The van der Waals surface area contributed by atoms with Gasteiger partial charge >= 0.3 is 5.97 Å². The van der Waals surface area contributed by atoms with Gasteiger partial charge in [-0.3, -0.25) is 9.59 Å². The second-order valence-corrected chi connectivity index (χ2v) is 6.43. The Morgan fingerprint density at radius 2 is 2.08 bits per heavy atom. The molecule has 0 aliphatic carbocycles. The number of aryl methyl sites for hydroxylation is 1. The Hall–Kier alpha value is -3.02. The highest BCUT2D eigenvalue weighted by molar-refractivity contribution is 5.86. The SMILES string of the molecule is O=C(CCc1ccco1)OCC(=O)N1CCc2[nH]c3ccccc3c2C1. The van der Waals surface area contributed by atoms with Crippen LogP contribution in [0.25, 0.3) is 10.9 Å². The fourth-order valence-electron chi connectivity index (χ4n) is 3.37. The van der Waals surface area contributed by atoms with Crippen LogP contribution in [0.15, 0.2) is 47.1 Å². The fourth-order valence-corrected chi connectivity index (χ4v) is 3.37. The van der Waals surface area contributed by atoms with Crippen molar-refractivity contribution in [3.8, 4) is 0 Å². The molecule has 1 aliphatic rings. The van der Waals surface area contributed by atoms with Crippen molar-refractivity contribution in [3.63, 3.8) is 0 Å². The highest BCUT2D eigenvalue weighted by Crippen LogP contribution is 2.27. The normalized spacial score (nSPS) is 13.6. The van der Waals surface area contributed by atoms with Crippen LogP contribution in [-0.4, -0.2) is 34.9 Å². The third-order valence-corrected chi connectivity index (χ3v) is 4.75. The molecule has 1 aromatic carbocycles. The van der Waals surface area contributed by atoms with Crippen LogP contribution in [0.4, 0.5) is 0 Å². The predicted molar refractivity (Wildman–Crippen MR) is 95.4 cm³/mol. The second-order valence-electron chi connectivity index (χ2n) is 6.43. The summed E-state index contributed by atoms with van der Waals surface area (Å²) in [6.45, 7) is 0.958. The third kappa shape index (κ3) is 3.35. The number of amides is 1. The Labute approximate surface area is 150 Å². The number of rotatable bonds is 5. The molecule has 0 unspecified atom stereocenters. The molecule has 4 rings (SSSR count). The summed E-state index contributed by atoms with van der Waals surface area (Å²) in [5, 5.41) is 1.15. The van der Waals surface area contributed by atoms with E-state index in [0.717, 1.165) is 28.6 Å². The van der Waals surface area contributed by atoms with Crippen LogP contribution >= 0.6 is 0 Å². The highest BCUT2D eigenvalue weighted by atomic mass is 16.5. The van der Waals surface area contributed by atoms with E-state index in [-0.39, 0.29) is 24.9 Å². The molecule has 1 aliphatic heterocycles. The number of carbonyl (C=O) groups is 2. The molecule has 0 saturated heterocycles. The van der Waals surface area contributed by atoms with Crippen molar-refractivity contribution in [1.29, 1.82) is 0 Å². The average molecular weight is 352 g/mol. The van der Waals surface area contributed by atoms with E-state index >= 15 is 0 Å². The minimum Gasteiger partial charge on any atom is -0.469 e. The van der Waals surface area contributed by atoms with E-state index in [0.29, 0.717) is 19.5 Å². The van der Waals surface area contributed by atoms with E-state index in [4.69, 9.17) is 9.15 Å². The summed E-state index contributed by atoms with van der Waals surface area (Å²) in [4.78, 5) is 29.4. The van der Waals surface area contributed by atoms with E-state index in [1.807, 2.05) is 24.3 Å². The van der Waals surface area contributed by atoms with E-state index in [2.05, 4.69) is 11.1 Å². The molecular formula is C20H20N2O4. The first-order valence-electron chi connectivity index (χ1n) is 8.75. The molecular weight excluding hydrogens is 332 g/mol. The minimum absolute atomic E-state index is 0.160. The van der Waals surface area contributed by atoms with Crippen LogP contribution < -0.4 is 0 Å². The Balaban J connectivity index is 1.32. The zero-order valence-electron chi connectivity index (χ0n) is 14.4. The number of fused-ring (bicyclic) bond motifs is 3. The second kappa shape index (κ2) is 7.07. The predicted octanol–water partition coefficient (Wildman–Crippen LogP) is 2.82. The largest absolute Gasteiger partial charge is 0.469 e. The number of nitrogens with one attached hydrogen (secondary N) is 1. The van der Waals surface area contributed by atoms with Crippen molar-refractivity contribution in [2.45, 2.75) is 25.8 Å². The van der Waals surface area contributed by atoms with Gasteiger partial charge in [-0.05, 0) is 18.2 Å². The van der Waals surface area contributed by atoms with Gasteiger partial charge in [0.05, 0.1) is 12.7 Å². The zero-order chi connectivity index (χ0) is 17.9. The average Bonchev–Trinajstić information content (AvgIpc) is 3.31. The van der Waals surface area contributed by atoms with E-state index < -0.39 is 0 Å². The molecule has 0 atom stereocenters. The van der Waals surface area contributed by atoms with Gasteiger partial charge in [0.15, 0.2) is 6.61 Å². The molecule has 1 amide bonds. The number of hydrogen-bond donors (Lipinski definition) is 1. The number of para-hydroxylation sites is 1. The van der Waals surface area contributed by atoms with Crippen molar-refractivity contribution in [3.05, 3.63) is 59.7 Å². The minimum atomic E-state index is -0.389. The maximum atomic E-state index is 12.4. The van der Waals surface area contributed by atoms with Crippen LogP contribution in [0.5, 0.6) is 0 Å². The van der Waals surface area contributed by atoms with Crippen LogP contribution in [0.2, 0.25) is 0 Å². The molecule has 0 fully saturated rings. The van der Waals surface area contributed by atoms with Gasteiger partial charge in [-0.2, -0.15) is 0 Å². The lowest BCUT2D eigenvalue weighted by molar-refractivity contribution is -0.152. The Morgan fingerprint density at radius 3 is 2.92 bits per heavy atom. The standard InChI is InChI=1S/C20H20N2O4/c23-19(13-26-20(24)8-7-14-4-3-11-25-14)22-10-9-18-16(12-22)15-5-1-2-6-17(15)21-18/h1-6,11,21H,7-10,12-13H2. The molecule has 6 nitrogen and oxygen atoms in total. The summed E-state index contributed by atoms with van der Waals surface area (Å²) in [6.07, 6.45) is 3.03. The molecule has 0 bridgehead atoms. The maximum Gasteiger partial charge on any atom is 0.306 e. The van der Waals surface area contributed by atoms with Gasteiger partial charge < -0.3 is 19.0 Å². The van der Waals surface area contributed by atoms with Crippen molar-refractivity contribution in [1.82, 2.24) is 9.88 Å². The van der Waals surface area contributed by atoms with Gasteiger partial charge in [-0.1, -0.05) is 18.2 Å². The smallest absolute Gasteiger partial charge is 0.306 e. The summed E-state index contributed by atoms with van der Waals surface area (Å²) in [5.41, 5.74) is 3.44. The first-order chi connectivity index (χ1) is 12.7. The lowest BCUT2D eigenvalue weighted by Crippen LogP contribution is -2.38. The highest BCUT2D eigenvalue weighted by Gasteiger charge is 2.24. The van der Waals surface area contributed by atoms with Crippen molar-refractivity contribution in [2.75, 3.05) is 13.2 Å². The van der Waals surface area contributed by atoms with Gasteiger partial charge in [-0.25, -0.2) is 0 Å². The molecule has 3 heterocycles. The van der Waals surface area contributed by atoms with Crippen molar-refractivity contribution in [2.24, 2.45) is 0 Å². The van der Waals surface area contributed by atoms with Crippen molar-refractivity contribution < 1.29 is 18.7 Å². The molecule has 2 aromatic heterocycles. The van der Waals surface area contributed by atoms with E-state index in [1.165, 1.54) is 5.69 Å². The number of H-pyrrole nitrogens is 1. The number of aromatic amines is 1. The van der Waals surface area contributed by atoms with Crippen LogP contribution in [0.1, 0.15) is 23.4 Å². The molecule has 0 saturated carbocycles. The van der Waals surface area contributed by atoms with Gasteiger partial charge in [0.25, 0.3) is 5.91 Å². The summed E-state index contributed by atoms with van der Waals surface area (Å²) < 4.78 is 10.3. The van der Waals surface area contributed by atoms with Gasteiger partial charge in [0.1, 0.15) is 5.76 Å². The van der Waals surface area contributed by atoms with Crippen LogP contribution in [0.3, 0.4) is 0 Å². The summed E-state index contributed by atoms with van der Waals surface area (Å²) in [6, 6.07) is 11.7. The Morgan fingerprint density at radius 1 is 1.19 bits per heavy atom. The summed E-state index contributed by atoms with van der Waals surface area (Å²) >= 11 is 0. The Kier molecular flexibility index (Phi) is 4.48. The lowest BCUT2D eigenvalue weighted by Gasteiger charge is -2.27. The number of benzene rings is 1. The molecule has 6 heteroatoms. The summed E-state index contributed by atoms with van der Waals surface area (Å²) in [7, 11) is 0. The molecule has 0 spiro atoms. The van der Waals surface area contributed by atoms with Crippen LogP contribution in [0, 0.1) is 0 Å². The number of nitrogens with zero attached hydrogens (tertiary/aromatic N) is 1. The number of esters is 1. The molecule has 26 heavy (non-hydrogen) atoms. The quantitative estimate of drug-likeness (QED) is 0.717. The number of carbonyl (C=O) groups excluding carboxylic acids is 2. The number of aromatic nitrogens is 1. The number of furan rings is 1. The Bertz CT molecular complexity index is 927. The molecule has 0 radical (unpaired) electrons. The first-order valence-corrected chi connectivity index (χ1v) is 8.75. The lowest BCUT2D eigenvalue weighted by atomic mass is 10.0. The molecule has 3 aromatic rings. The monoisotopic (exact) mass is 352 g/mol. The molecule has 134 valence electrons. The zero-order valence-corrected chi connectivity index (χ0v) is 14.4. The van der Waals surface area contributed by atoms with Crippen molar-refractivity contribution >= 4 is 22.8 Å². The van der Waals surface area contributed by atoms with E-state index in [9.17, 15) is 9.59 Å². The topological polar surface area (TPSA) is 75.5 Å². The summed E-state index contributed by atoms with van der Waals surface area (Å²) in [5.74, 6) is 0.183. The van der Waals surface area contributed by atoms with E-state index in [1.54, 1.807) is 17.2 Å². The maximum absolute atomic E-state index is 12.4. The van der Waals surface area contributed by atoms with Gasteiger partial charge in [0, 0.05) is 48.1 Å².